The summed E-state index contributed by atoms with van der Waals surface area (Å²) in [5.74, 6) is -0.626. The Balaban J connectivity index is 1.46. The van der Waals surface area contributed by atoms with Crippen molar-refractivity contribution in [3.63, 3.8) is 0 Å². The van der Waals surface area contributed by atoms with Gasteiger partial charge >= 0.3 is 12.1 Å². The molecule has 2 aromatic heterocycles. The number of ether oxygens (including phenoxy) is 3. The summed E-state index contributed by atoms with van der Waals surface area (Å²) in [5, 5.41) is 5.42. The summed E-state index contributed by atoms with van der Waals surface area (Å²) in [7, 11) is 1.68. The summed E-state index contributed by atoms with van der Waals surface area (Å²) in [4.78, 5) is 48.8. The van der Waals surface area contributed by atoms with Crippen LogP contribution in [0.3, 0.4) is 0 Å². The highest BCUT2D eigenvalue weighted by atomic mass is 16.6. The minimum atomic E-state index is -0.907. The van der Waals surface area contributed by atoms with E-state index in [1.165, 1.54) is 5.01 Å². The Kier molecular flexibility index (Phi) is 10.7. The van der Waals surface area contributed by atoms with Crippen LogP contribution in [-0.2, 0) is 36.6 Å². The van der Waals surface area contributed by atoms with Crippen LogP contribution < -0.4 is 10.7 Å². The van der Waals surface area contributed by atoms with Gasteiger partial charge in [0.2, 0.25) is 0 Å². The Morgan fingerprint density at radius 1 is 1.08 bits per heavy atom. The minimum absolute atomic E-state index is 0.113. The molecule has 0 unspecified atom stereocenters. The van der Waals surface area contributed by atoms with E-state index in [1.807, 2.05) is 25.1 Å². The lowest BCUT2D eigenvalue weighted by Gasteiger charge is -2.36. The van der Waals surface area contributed by atoms with E-state index in [2.05, 4.69) is 66.0 Å². The fourth-order valence-electron chi connectivity index (χ4n) is 7.09. The molecule has 0 saturated carbocycles. The summed E-state index contributed by atoms with van der Waals surface area (Å²) < 4.78 is 17.2. The third-order valence-corrected chi connectivity index (χ3v) is 9.67. The molecular weight excluding hydrogens is 658 g/mol. The number of aromatic amines is 1. The van der Waals surface area contributed by atoms with Crippen molar-refractivity contribution in [2.45, 2.75) is 97.4 Å². The molecule has 11 nitrogen and oxygen atoms in total. The van der Waals surface area contributed by atoms with Crippen LogP contribution in [0.2, 0.25) is 0 Å². The van der Waals surface area contributed by atoms with Gasteiger partial charge in [-0.3, -0.25) is 19.6 Å². The van der Waals surface area contributed by atoms with Crippen molar-refractivity contribution in [1.29, 1.82) is 0 Å². The normalized spacial score (nSPS) is 20.4. The van der Waals surface area contributed by atoms with Gasteiger partial charge in [-0.2, -0.15) is 0 Å². The SMILES string of the molecule is CO[C@@H](C)c1ncccc1-c1[nH]c2ccc3cc2c1CC(C)(C)COC(=O)C[C@@H]1CCCN(N1)C(=O)[C@@H](NC(=O)OC(C)(C)C)Cc1cccc-3c1. The molecule has 52 heavy (non-hydrogen) atoms. The van der Waals surface area contributed by atoms with E-state index in [0.29, 0.717) is 25.8 Å². The summed E-state index contributed by atoms with van der Waals surface area (Å²) in [6.45, 7) is 12.2. The molecule has 0 radical (unpaired) electrons. The average molecular weight is 710 g/mol. The van der Waals surface area contributed by atoms with Gasteiger partial charge in [0.05, 0.1) is 30.5 Å². The van der Waals surface area contributed by atoms with Crippen LogP contribution in [0.4, 0.5) is 4.79 Å². The standard InChI is InChI=1S/C41H51N5O6/c1-25(50-7)36-30(14-9-17-42-36)37-32-23-41(5,6)24-51-35(47)22-29-13-10-18-46(45-29)38(48)34(44-39(49)52-40(2,3)4)20-26-11-8-12-27(19-26)28-15-16-33(43-37)31(32)21-28/h8-9,11-12,14-17,19,21,25,29,34,43,45H,10,13,18,20,22-24H2,1-7H3,(H,44,49)/t25-,29-,34-/m0/s1. The lowest BCUT2D eigenvalue weighted by molar-refractivity contribution is -0.149. The molecule has 3 atom stereocenters. The number of H-pyrrole nitrogens is 1. The van der Waals surface area contributed by atoms with Gasteiger partial charge in [0.25, 0.3) is 5.91 Å². The van der Waals surface area contributed by atoms with Crippen LogP contribution in [0.5, 0.6) is 0 Å². The number of esters is 1. The Labute approximate surface area is 305 Å². The van der Waals surface area contributed by atoms with E-state index in [0.717, 1.165) is 50.1 Å². The van der Waals surface area contributed by atoms with Crippen molar-refractivity contribution in [1.82, 2.24) is 25.7 Å². The summed E-state index contributed by atoms with van der Waals surface area (Å²) in [6, 6.07) is 17.2. The molecule has 11 heteroatoms. The van der Waals surface area contributed by atoms with Gasteiger partial charge in [-0.15, -0.1) is 0 Å². The zero-order valence-corrected chi connectivity index (χ0v) is 31.3. The van der Waals surface area contributed by atoms with Crippen molar-refractivity contribution in [3.8, 4) is 22.4 Å². The number of carbonyl (C=O) groups excluding carboxylic acids is 3. The summed E-state index contributed by atoms with van der Waals surface area (Å²) >= 11 is 0. The molecule has 276 valence electrons. The highest BCUT2D eigenvalue weighted by molar-refractivity contribution is 5.94. The van der Waals surface area contributed by atoms with Gasteiger partial charge in [0, 0.05) is 54.2 Å². The van der Waals surface area contributed by atoms with Crippen LogP contribution in [0.1, 0.15) is 83.7 Å². The summed E-state index contributed by atoms with van der Waals surface area (Å²) in [5.41, 5.74) is 9.79. The first-order chi connectivity index (χ1) is 24.7. The predicted octanol–water partition coefficient (Wildman–Crippen LogP) is 7.05. The number of hydrogen-bond acceptors (Lipinski definition) is 8. The molecule has 1 saturated heterocycles. The average Bonchev–Trinajstić information content (AvgIpc) is 3.45. The number of nitrogens with zero attached hydrogens (tertiary/aromatic N) is 2. The monoisotopic (exact) mass is 709 g/mol. The van der Waals surface area contributed by atoms with E-state index in [4.69, 9.17) is 19.2 Å². The molecule has 4 aromatic rings. The van der Waals surface area contributed by atoms with Crippen molar-refractivity contribution >= 4 is 28.9 Å². The lowest BCUT2D eigenvalue weighted by atomic mass is 9.84. The van der Waals surface area contributed by atoms with Crippen LogP contribution >= 0.6 is 0 Å². The number of aromatic nitrogens is 2. The number of benzene rings is 2. The molecular formula is C41H51N5O6. The van der Waals surface area contributed by atoms with Crippen LogP contribution in [0.25, 0.3) is 33.3 Å². The Hall–Kier alpha value is -4.74. The van der Waals surface area contributed by atoms with Gasteiger partial charge in [0.1, 0.15) is 11.6 Å². The number of alkyl carbamates (subject to hydrolysis) is 1. The van der Waals surface area contributed by atoms with Crippen LogP contribution in [0, 0.1) is 5.41 Å². The number of methoxy groups -OCH3 is 1. The van der Waals surface area contributed by atoms with Crippen molar-refractivity contribution < 1.29 is 28.6 Å². The first-order valence-electron chi connectivity index (χ1n) is 18.1. The number of hydrogen-bond donors (Lipinski definition) is 3. The number of pyridine rings is 1. The molecule has 2 aromatic carbocycles. The maximum absolute atomic E-state index is 14.1. The highest BCUT2D eigenvalue weighted by Gasteiger charge is 2.33. The second kappa shape index (κ2) is 15.1. The van der Waals surface area contributed by atoms with E-state index in [9.17, 15) is 14.4 Å². The molecule has 0 aliphatic carbocycles. The van der Waals surface area contributed by atoms with Crippen LogP contribution in [0.15, 0.2) is 60.8 Å². The smallest absolute Gasteiger partial charge is 0.408 e. The first kappa shape index (κ1) is 37.0. The Morgan fingerprint density at radius 2 is 1.87 bits per heavy atom. The van der Waals surface area contributed by atoms with E-state index in [1.54, 1.807) is 34.1 Å². The van der Waals surface area contributed by atoms with Gasteiger partial charge in [-0.25, -0.2) is 10.2 Å². The molecule has 4 heterocycles. The maximum Gasteiger partial charge on any atom is 0.408 e. The molecule has 6 bridgehead atoms. The Morgan fingerprint density at radius 3 is 2.63 bits per heavy atom. The van der Waals surface area contributed by atoms with E-state index in [-0.39, 0.29) is 43.5 Å². The zero-order valence-electron chi connectivity index (χ0n) is 31.3. The molecule has 2 aliphatic heterocycles. The number of nitrogens with one attached hydrogen (secondary N) is 3. The van der Waals surface area contributed by atoms with Crippen molar-refractivity contribution in [2.24, 2.45) is 5.41 Å². The van der Waals surface area contributed by atoms with Crippen LogP contribution in [-0.4, -0.2) is 70.9 Å². The van der Waals surface area contributed by atoms with Gasteiger partial charge in [-0.05, 0) is 93.5 Å². The first-order valence-corrected chi connectivity index (χ1v) is 18.1. The van der Waals surface area contributed by atoms with Crippen molar-refractivity contribution in [3.05, 3.63) is 77.6 Å². The van der Waals surface area contributed by atoms with Crippen molar-refractivity contribution in [2.75, 3.05) is 20.3 Å². The molecule has 0 spiro atoms. The second-order valence-corrected chi connectivity index (χ2v) is 15.8. The zero-order chi connectivity index (χ0) is 37.2. The molecule has 6 rings (SSSR count). The largest absolute Gasteiger partial charge is 0.465 e. The van der Waals surface area contributed by atoms with Gasteiger partial charge < -0.3 is 24.5 Å². The highest BCUT2D eigenvalue weighted by Crippen LogP contribution is 2.39. The Bertz CT molecular complexity index is 1950. The number of cyclic esters (lactones) is 1. The minimum Gasteiger partial charge on any atom is -0.465 e. The number of amides is 2. The number of rotatable bonds is 4. The number of fused-ring (bicyclic) bond motifs is 6. The molecule has 2 amide bonds. The quantitative estimate of drug-likeness (QED) is 0.192. The third-order valence-electron chi connectivity index (χ3n) is 9.67. The molecule has 1 fully saturated rings. The van der Waals surface area contributed by atoms with Gasteiger partial charge in [0.15, 0.2) is 0 Å². The second-order valence-electron chi connectivity index (χ2n) is 15.8. The molecule has 2 aliphatic rings. The predicted molar refractivity (Wildman–Crippen MR) is 200 cm³/mol. The molecule has 3 N–H and O–H groups in total. The number of hydrazine groups is 1. The summed E-state index contributed by atoms with van der Waals surface area (Å²) in [6.07, 6.45) is 3.28. The van der Waals surface area contributed by atoms with E-state index >= 15 is 0 Å². The topological polar surface area (TPSA) is 135 Å². The third kappa shape index (κ3) is 8.65. The van der Waals surface area contributed by atoms with Gasteiger partial charge in [-0.1, -0.05) is 44.2 Å². The lowest BCUT2D eigenvalue weighted by Crippen LogP contribution is -2.59. The fourth-order valence-corrected chi connectivity index (χ4v) is 7.09. The van der Waals surface area contributed by atoms with E-state index < -0.39 is 23.2 Å². The maximum atomic E-state index is 14.1. The number of carbonyl (C=O) groups is 3. The fraction of sp³-hybridized carbons (Fsp3) is 0.463.